The molecule has 0 aromatic carbocycles. The lowest BCUT2D eigenvalue weighted by Gasteiger charge is -2.42. The van der Waals surface area contributed by atoms with Crippen LogP contribution < -0.4 is 5.32 Å². The van der Waals surface area contributed by atoms with Gasteiger partial charge in [-0.15, -0.1) is 11.3 Å². The van der Waals surface area contributed by atoms with E-state index in [9.17, 15) is 14.7 Å². The largest absolute Gasteiger partial charge is 0.481 e. The number of carbonyl (C=O) groups excluding carboxylic acids is 1. The molecule has 0 spiro atoms. The number of aliphatic carboxylic acids is 1. The van der Waals surface area contributed by atoms with Gasteiger partial charge in [0.1, 0.15) is 0 Å². The molecule has 0 radical (unpaired) electrons. The van der Waals surface area contributed by atoms with Gasteiger partial charge >= 0.3 is 12.0 Å². The third kappa shape index (κ3) is 4.51. The zero-order valence-electron chi connectivity index (χ0n) is 14.7. The highest BCUT2D eigenvalue weighted by atomic mass is 32.1. The van der Waals surface area contributed by atoms with Crippen molar-refractivity contribution in [3.63, 3.8) is 0 Å². The van der Waals surface area contributed by atoms with Crippen LogP contribution in [0.1, 0.15) is 62.7 Å². The topological polar surface area (TPSA) is 82.5 Å². The van der Waals surface area contributed by atoms with E-state index >= 15 is 0 Å². The van der Waals surface area contributed by atoms with Gasteiger partial charge in [0.2, 0.25) is 0 Å². The number of carboxylic acid groups (broad SMARTS) is 1. The summed E-state index contributed by atoms with van der Waals surface area (Å²) in [6.45, 7) is 1.97. The van der Waals surface area contributed by atoms with Crippen molar-refractivity contribution in [1.82, 2.24) is 9.88 Å². The second-order valence-corrected chi connectivity index (χ2v) is 8.48. The molecule has 2 aliphatic rings. The number of carbonyl (C=O) groups is 2. The number of rotatable bonds is 4. The molecule has 0 aliphatic heterocycles. The highest BCUT2D eigenvalue weighted by molar-refractivity contribution is 7.15. The summed E-state index contributed by atoms with van der Waals surface area (Å²) in [5.41, 5.74) is 0. The fourth-order valence-electron chi connectivity index (χ4n) is 4.16. The minimum Gasteiger partial charge on any atom is -0.481 e. The molecule has 0 unspecified atom stereocenters. The molecule has 0 saturated heterocycles. The van der Waals surface area contributed by atoms with Gasteiger partial charge in [-0.1, -0.05) is 19.3 Å². The van der Waals surface area contributed by atoms with Crippen molar-refractivity contribution in [1.29, 1.82) is 0 Å². The van der Waals surface area contributed by atoms with E-state index in [0.29, 0.717) is 18.0 Å². The van der Waals surface area contributed by atoms with E-state index in [0.717, 1.165) is 43.4 Å². The number of hydrogen-bond acceptors (Lipinski definition) is 4. The van der Waals surface area contributed by atoms with Crippen molar-refractivity contribution in [2.24, 2.45) is 5.92 Å². The van der Waals surface area contributed by atoms with Gasteiger partial charge in [0, 0.05) is 23.2 Å². The molecule has 2 fully saturated rings. The van der Waals surface area contributed by atoms with Crippen molar-refractivity contribution in [2.75, 3.05) is 5.32 Å². The molecule has 2 N–H and O–H groups in total. The van der Waals surface area contributed by atoms with Gasteiger partial charge in [-0.05, 0) is 45.4 Å². The molecule has 1 aromatic rings. The van der Waals surface area contributed by atoms with E-state index in [2.05, 4.69) is 10.3 Å². The van der Waals surface area contributed by atoms with Crippen LogP contribution in [-0.4, -0.2) is 39.1 Å². The standard InChI is InChI=1S/C18H27N3O3S/c1-12-11-19-17(25-12)20-18(24)21(14-5-3-2-4-6-14)15-9-7-13(8-10-15)16(22)23/h11,13-15H,2-10H2,1H3,(H,22,23)(H,19,20,24). The Balaban J connectivity index is 1.70. The second kappa shape index (κ2) is 8.17. The Morgan fingerprint density at radius 1 is 1.12 bits per heavy atom. The summed E-state index contributed by atoms with van der Waals surface area (Å²) in [5.74, 6) is -0.959. The zero-order chi connectivity index (χ0) is 17.8. The van der Waals surface area contributed by atoms with Crippen LogP contribution in [0.2, 0.25) is 0 Å². The molecule has 7 heteroatoms. The van der Waals surface area contributed by atoms with Gasteiger partial charge in [0.05, 0.1) is 5.92 Å². The lowest BCUT2D eigenvalue weighted by atomic mass is 9.83. The smallest absolute Gasteiger partial charge is 0.324 e. The van der Waals surface area contributed by atoms with Crippen molar-refractivity contribution in [2.45, 2.75) is 76.8 Å². The van der Waals surface area contributed by atoms with Gasteiger partial charge in [0.25, 0.3) is 0 Å². The minimum absolute atomic E-state index is 0.0694. The van der Waals surface area contributed by atoms with Crippen LogP contribution in [0.15, 0.2) is 6.20 Å². The molecule has 0 atom stereocenters. The van der Waals surface area contributed by atoms with Crippen molar-refractivity contribution >= 4 is 28.5 Å². The maximum atomic E-state index is 13.0. The highest BCUT2D eigenvalue weighted by Gasteiger charge is 2.36. The average Bonchev–Trinajstić information content (AvgIpc) is 3.01. The van der Waals surface area contributed by atoms with Crippen LogP contribution in [-0.2, 0) is 4.79 Å². The van der Waals surface area contributed by atoms with Gasteiger partial charge in [-0.3, -0.25) is 10.1 Å². The Morgan fingerprint density at radius 2 is 1.76 bits per heavy atom. The first-order valence-corrected chi connectivity index (χ1v) is 10.1. The number of carboxylic acids is 1. The van der Waals surface area contributed by atoms with Gasteiger partial charge < -0.3 is 10.0 Å². The number of thiazole rings is 1. The lowest BCUT2D eigenvalue weighted by Crippen LogP contribution is -2.51. The molecule has 6 nitrogen and oxygen atoms in total. The third-order valence-corrected chi connectivity index (χ3v) is 6.31. The molecule has 1 aromatic heterocycles. The molecule has 2 saturated carbocycles. The molecule has 2 aliphatic carbocycles. The lowest BCUT2D eigenvalue weighted by molar-refractivity contribution is -0.143. The van der Waals surface area contributed by atoms with Gasteiger partial charge in [-0.25, -0.2) is 9.78 Å². The van der Waals surface area contributed by atoms with E-state index in [4.69, 9.17) is 0 Å². The molecular formula is C18H27N3O3S. The molecule has 2 amide bonds. The number of nitrogens with one attached hydrogen (secondary N) is 1. The Kier molecular flexibility index (Phi) is 5.93. The van der Waals surface area contributed by atoms with E-state index in [1.807, 2.05) is 11.8 Å². The third-order valence-electron chi connectivity index (χ3n) is 5.48. The number of hydrogen-bond donors (Lipinski definition) is 2. The molecule has 138 valence electrons. The summed E-state index contributed by atoms with van der Waals surface area (Å²) in [6, 6.07) is 0.334. The summed E-state index contributed by atoms with van der Waals surface area (Å²) in [7, 11) is 0. The predicted octanol–water partition coefficient (Wildman–Crippen LogP) is 4.26. The predicted molar refractivity (Wildman–Crippen MR) is 98.0 cm³/mol. The highest BCUT2D eigenvalue weighted by Crippen LogP contribution is 2.33. The Morgan fingerprint density at radius 3 is 2.32 bits per heavy atom. The van der Waals surface area contributed by atoms with Crippen LogP contribution in [0.3, 0.4) is 0 Å². The van der Waals surface area contributed by atoms with Gasteiger partial charge in [-0.2, -0.15) is 0 Å². The second-order valence-electron chi connectivity index (χ2n) is 7.25. The van der Waals surface area contributed by atoms with Crippen molar-refractivity contribution in [3.8, 4) is 0 Å². The number of aromatic nitrogens is 1. The van der Waals surface area contributed by atoms with Crippen molar-refractivity contribution in [3.05, 3.63) is 11.1 Å². The molecule has 3 rings (SSSR count). The van der Waals surface area contributed by atoms with Crippen LogP contribution in [0, 0.1) is 12.8 Å². The normalized spacial score (nSPS) is 24.7. The number of aryl methyl sites for hydroxylation is 1. The monoisotopic (exact) mass is 365 g/mol. The van der Waals surface area contributed by atoms with Crippen molar-refractivity contribution < 1.29 is 14.7 Å². The zero-order valence-corrected chi connectivity index (χ0v) is 15.6. The molecule has 25 heavy (non-hydrogen) atoms. The Bertz CT molecular complexity index is 604. The van der Waals surface area contributed by atoms with Gasteiger partial charge in [0.15, 0.2) is 5.13 Å². The molecular weight excluding hydrogens is 338 g/mol. The first-order valence-electron chi connectivity index (χ1n) is 9.29. The fraction of sp³-hybridized carbons (Fsp3) is 0.722. The Hall–Kier alpha value is -1.63. The average molecular weight is 365 g/mol. The SMILES string of the molecule is Cc1cnc(NC(=O)N(C2CCCCC2)C2CCC(C(=O)O)CC2)s1. The number of urea groups is 1. The van der Waals surface area contributed by atoms with Crippen LogP contribution in [0.25, 0.3) is 0 Å². The van der Waals surface area contributed by atoms with E-state index in [1.54, 1.807) is 6.20 Å². The van der Waals surface area contributed by atoms with Crippen LogP contribution in [0.4, 0.5) is 9.93 Å². The summed E-state index contributed by atoms with van der Waals surface area (Å²) < 4.78 is 0. The number of anilines is 1. The Labute approximate surface area is 152 Å². The van der Waals surface area contributed by atoms with E-state index < -0.39 is 5.97 Å². The number of nitrogens with zero attached hydrogens (tertiary/aromatic N) is 2. The molecule has 1 heterocycles. The number of amides is 2. The van der Waals surface area contributed by atoms with Crippen LogP contribution >= 0.6 is 11.3 Å². The maximum absolute atomic E-state index is 13.0. The molecule has 0 bridgehead atoms. The fourth-order valence-corrected chi connectivity index (χ4v) is 4.81. The van der Waals surface area contributed by atoms with E-state index in [1.165, 1.54) is 17.8 Å². The van der Waals surface area contributed by atoms with E-state index in [-0.39, 0.29) is 24.0 Å². The summed E-state index contributed by atoms with van der Waals surface area (Å²) in [4.78, 5) is 31.5. The first kappa shape index (κ1) is 18.2. The maximum Gasteiger partial charge on any atom is 0.324 e. The van der Waals surface area contributed by atoms with Crippen LogP contribution in [0.5, 0.6) is 0 Å². The minimum atomic E-state index is -0.703. The summed E-state index contributed by atoms with van der Waals surface area (Å²) in [5, 5.41) is 12.8. The quantitative estimate of drug-likeness (QED) is 0.835. The first-order chi connectivity index (χ1) is 12.0. The summed E-state index contributed by atoms with van der Waals surface area (Å²) >= 11 is 1.48. The summed E-state index contributed by atoms with van der Waals surface area (Å²) in [6.07, 6.45) is 10.3.